The first-order chi connectivity index (χ1) is 10.1. The third-order valence-electron chi connectivity index (χ3n) is 2.71. The van der Waals surface area contributed by atoms with Gasteiger partial charge >= 0.3 is 0 Å². The normalized spacial score (nSPS) is 9.86. The number of aryl methyl sites for hydroxylation is 2. The van der Waals surface area contributed by atoms with E-state index >= 15 is 0 Å². The molecule has 1 aromatic heterocycles. The molecule has 0 saturated carbocycles. The van der Waals surface area contributed by atoms with Crippen LogP contribution >= 0.6 is 11.5 Å². The minimum atomic E-state index is -0.239. The van der Waals surface area contributed by atoms with Crippen LogP contribution in [0.1, 0.15) is 33.7 Å². The minimum Gasteiger partial charge on any atom is -0.395 e. The van der Waals surface area contributed by atoms with Crippen molar-refractivity contribution in [2.45, 2.75) is 20.3 Å². The highest BCUT2D eigenvalue weighted by Crippen LogP contribution is 2.14. The van der Waals surface area contributed by atoms with Crippen LogP contribution in [0.4, 0.5) is 5.13 Å². The highest BCUT2D eigenvalue weighted by molar-refractivity contribution is 7.09. The van der Waals surface area contributed by atoms with Crippen molar-refractivity contribution in [3.63, 3.8) is 0 Å². The maximum atomic E-state index is 12.2. The molecule has 21 heavy (non-hydrogen) atoms. The number of amides is 1. The Hall–Kier alpha value is -2.23. The van der Waals surface area contributed by atoms with Crippen LogP contribution in [-0.2, 0) is 0 Å². The molecular formula is C15H15N3O2S. The van der Waals surface area contributed by atoms with Crippen LogP contribution in [0, 0.1) is 25.7 Å². The summed E-state index contributed by atoms with van der Waals surface area (Å²) in [5.41, 5.74) is 2.29. The lowest BCUT2D eigenvalue weighted by Crippen LogP contribution is -2.12. The molecule has 0 bridgehead atoms. The molecule has 0 radical (unpaired) electrons. The van der Waals surface area contributed by atoms with Crippen LogP contribution in [0.25, 0.3) is 0 Å². The first-order valence-electron chi connectivity index (χ1n) is 6.42. The van der Waals surface area contributed by atoms with Gasteiger partial charge in [0.1, 0.15) is 5.82 Å². The number of nitrogens with one attached hydrogen (secondary N) is 1. The molecular weight excluding hydrogens is 286 g/mol. The second-order valence-electron chi connectivity index (χ2n) is 4.41. The molecule has 0 atom stereocenters. The van der Waals surface area contributed by atoms with Crippen LogP contribution in [0.2, 0.25) is 0 Å². The van der Waals surface area contributed by atoms with Gasteiger partial charge in [0.25, 0.3) is 5.91 Å². The Bertz CT molecular complexity index is 713. The van der Waals surface area contributed by atoms with Crippen molar-refractivity contribution in [2.75, 3.05) is 11.9 Å². The van der Waals surface area contributed by atoms with Crippen LogP contribution in [0.5, 0.6) is 0 Å². The summed E-state index contributed by atoms with van der Waals surface area (Å²) in [6.07, 6.45) is 0.417. The van der Waals surface area contributed by atoms with Gasteiger partial charge in [-0.3, -0.25) is 10.1 Å². The summed E-state index contributed by atoms with van der Waals surface area (Å²) >= 11 is 1.15. The van der Waals surface area contributed by atoms with Crippen LogP contribution in [-0.4, -0.2) is 27.0 Å². The molecule has 2 aromatic rings. The molecule has 5 nitrogen and oxygen atoms in total. The number of carbonyl (C=O) groups is 1. The molecule has 2 N–H and O–H groups in total. The molecule has 0 saturated heterocycles. The Labute approximate surface area is 127 Å². The molecule has 1 amide bonds. The second-order valence-corrected chi connectivity index (χ2v) is 5.16. The summed E-state index contributed by atoms with van der Waals surface area (Å²) in [5, 5.41) is 11.9. The molecule has 6 heteroatoms. The van der Waals surface area contributed by atoms with E-state index in [1.807, 2.05) is 13.0 Å². The zero-order valence-electron chi connectivity index (χ0n) is 11.8. The lowest BCUT2D eigenvalue weighted by molar-refractivity contribution is 0.102. The highest BCUT2D eigenvalue weighted by atomic mass is 32.1. The van der Waals surface area contributed by atoms with E-state index in [-0.39, 0.29) is 12.5 Å². The summed E-state index contributed by atoms with van der Waals surface area (Å²) in [6, 6.07) is 5.34. The lowest BCUT2D eigenvalue weighted by atomic mass is 10.0. The van der Waals surface area contributed by atoms with E-state index < -0.39 is 0 Å². The van der Waals surface area contributed by atoms with Gasteiger partial charge in [-0.1, -0.05) is 17.9 Å². The SMILES string of the molecule is Cc1nsc(NC(=O)c2ccc(C)c(C#CCCO)c2)n1. The molecule has 0 fully saturated rings. The van der Waals surface area contributed by atoms with Crippen molar-refractivity contribution < 1.29 is 9.90 Å². The van der Waals surface area contributed by atoms with E-state index in [4.69, 9.17) is 5.11 Å². The van der Waals surface area contributed by atoms with Gasteiger partial charge in [0.2, 0.25) is 5.13 Å². The summed E-state index contributed by atoms with van der Waals surface area (Å²) in [4.78, 5) is 16.3. The number of aromatic nitrogens is 2. The maximum Gasteiger partial charge on any atom is 0.257 e. The number of aliphatic hydroxyl groups excluding tert-OH is 1. The number of anilines is 1. The van der Waals surface area contributed by atoms with Crippen molar-refractivity contribution >= 4 is 22.6 Å². The maximum absolute atomic E-state index is 12.2. The van der Waals surface area contributed by atoms with Gasteiger partial charge in [-0.15, -0.1) is 0 Å². The Morgan fingerprint density at radius 2 is 2.24 bits per heavy atom. The monoisotopic (exact) mass is 301 g/mol. The van der Waals surface area contributed by atoms with Gasteiger partial charge in [-0.25, -0.2) is 4.98 Å². The van der Waals surface area contributed by atoms with Crippen LogP contribution in [0.15, 0.2) is 18.2 Å². The first-order valence-corrected chi connectivity index (χ1v) is 7.19. The van der Waals surface area contributed by atoms with Crippen LogP contribution < -0.4 is 5.32 Å². The Kier molecular flexibility index (Phi) is 5.04. The smallest absolute Gasteiger partial charge is 0.257 e. The van der Waals surface area contributed by atoms with E-state index in [2.05, 4.69) is 26.5 Å². The average molecular weight is 301 g/mol. The second kappa shape index (κ2) is 6.97. The van der Waals surface area contributed by atoms with Gasteiger partial charge in [-0.2, -0.15) is 4.37 Å². The number of hydrogen-bond donors (Lipinski definition) is 2. The predicted molar refractivity (Wildman–Crippen MR) is 82.4 cm³/mol. The standard InChI is InChI=1S/C15H15N3O2S/c1-10-6-7-13(9-12(10)5-3-4-8-19)14(20)17-15-16-11(2)18-21-15/h6-7,9,19H,4,8H2,1-2H3,(H,16,17,18,20). The van der Waals surface area contributed by atoms with Gasteiger partial charge in [0.05, 0.1) is 6.61 Å². The molecule has 0 unspecified atom stereocenters. The molecule has 1 aromatic carbocycles. The van der Waals surface area contributed by atoms with E-state index in [0.29, 0.717) is 22.9 Å². The summed E-state index contributed by atoms with van der Waals surface area (Å²) in [7, 11) is 0. The number of nitrogens with zero attached hydrogens (tertiary/aromatic N) is 2. The van der Waals surface area contributed by atoms with E-state index in [1.54, 1.807) is 19.1 Å². The average Bonchev–Trinajstić information content (AvgIpc) is 2.86. The Morgan fingerprint density at radius 1 is 1.43 bits per heavy atom. The van der Waals surface area contributed by atoms with Crippen molar-refractivity contribution in [3.05, 3.63) is 40.7 Å². The van der Waals surface area contributed by atoms with Gasteiger partial charge in [0, 0.05) is 29.1 Å². The summed E-state index contributed by atoms with van der Waals surface area (Å²) in [5.74, 6) is 6.22. The predicted octanol–water partition coefficient (Wildman–Crippen LogP) is 2.14. The van der Waals surface area contributed by atoms with Crippen molar-refractivity contribution in [1.82, 2.24) is 9.36 Å². The summed E-state index contributed by atoms with van der Waals surface area (Å²) < 4.78 is 4.01. The topological polar surface area (TPSA) is 75.1 Å². The van der Waals surface area contributed by atoms with Crippen LogP contribution in [0.3, 0.4) is 0 Å². The zero-order valence-corrected chi connectivity index (χ0v) is 12.6. The Morgan fingerprint density at radius 3 is 2.90 bits per heavy atom. The quantitative estimate of drug-likeness (QED) is 0.852. The Balaban J connectivity index is 2.18. The number of benzene rings is 1. The molecule has 108 valence electrons. The fourth-order valence-corrected chi connectivity index (χ4v) is 2.20. The third-order valence-corrected chi connectivity index (χ3v) is 3.43. The van der Waals surface area contributed by atoms with Gasteiger partial charge in [0.15, 0.2) is 0 Å². The largest absolute Gasteiger partial charge is 0.395 e. The van der Waals surface area contributed by atoms with E-state index in [0.717, 1.165) is 22.7 Å². The van der Waals surface area contributed by atoms with E-state index in [1.165, 1.54) is 0 Å². The van der Waals surface area contributed by atoms with Crippen molar-refractivity contribution in [2.24, 2.45) is 0 Å². The number of aliphatic hydroxyl groups is 1. The van der Waals surface area contributed by atoms with Gasteiger partial charge < -0.3 is 5.11 Å². The summed E-state index contributed by atoms with van der Waals surface area (Å²) in [6.45, 7) is 3.73. The molecule has 2 rings (SSSR count). The highest BCUT2D eigenvalue weighted by Gasteiger charge is 2.10. The molecule has 0 spiro atoms. The third kappa shape index (κ3) is 4.12. The van der Waals surface area contributed by atoms with Gasteiger partial charge in [-0.05, 0) is 31.5 Å². The lowest BCUT2D eigenvalue weighted by Gasteiger charge is -2.04. The van der Waals surface area contributed by atoms with Crippen molar-refractivity contribution in [1.29, 1.82) is 0 Å². The molecule has 1 heterocycles. The number of carbonyl (C=O) groups excluding carboxylic acids is 1. The van der Waals surface area contributed by atoms with E-state index in [9.17, 15) is 4.79 Å². The molecule has 0 aliphatic carbocycles. The molecule has 0 aliphatic heterocycles. The number of rotatable bonds is 3. The fraction of sp³-hybridized carbons (Fsp3) is 0.267. The number of hydrogen-bond acceptors (Lipinski definition) is 5. The molecule has 0 aliphatic rings. The zero-order chi connectivity index (χ0) is 15.2. The first kappa shape index (κ1) is 15.2. The fourth-order valence-electron chi connectivity index (χ4n) is 1.63. The van der Waals surface area contributed by atoms with Crippen molar-refractivity contribution in [3.8, 4) is 11.8 Å². The minimum absolute atomic E-state index is 0.0304.